The van der Waals surface area contributed by atoms with Gasteiger partial charge in [-0.1, -0.05) is 20.8 Å². The minimum Gasteiger partial charge on any atom is -0.310 e. The third-order valence-corrected chi connectivity index (χ3v) is 4.50. The summed E-state index contributed by atoms with van der Waals surface area (Å²) in [5, 5.41) is 4.71. The first-order valence-electron chi connectivity index (χ1n) is 7.03. The topological polar surface area (TPSA) is 28.2 Å². The first-order valence-corrected chi connectivity index (χ1v) is 7.84. The molecule has 4 heteroatoms. The molecule has 1 aromatic rings. The lowest BCUT2D eigenvalue weighted by atomic mass is 9.99. The third-order valence-electron chi connectivity index (χ3n) is 3.52. The Morgan fingerprint density at radius 1 is 1.44 bits per heavy atom. The summed E-state index contributed by atoms with van der Waals surface area (Å²) in [5.74, 6) is 0.906. The summed E-state index contributed by atoms with van der Waals surface area (Å²) in [4.78, 5) is 8.44. The second-order valence-corrected chi connectivity index (χ2v) is 6.91. The summed E-state index contributed by atoms with van der Waals surface area (Å²) < 4.78 is 0. The van der Waals surface area contributed by atoms with Crippen LogP contribution in [0.15, 0.2) is 6.20 Å². The molecule has 0 unspecified atom stereocenters. The number of thiazole rings is 1. The van der Waals surface area contributed by atoms with Crippen molar-refractivity contribution >= 4 is 11.3 Å². The molecular weight excluding hydrogens is 242 g/mol. The highest BCUT2D eigenvalue weighted by Gasteiger charge is 2.16. The highest BCUT2D eigenvalue weighted by atomic mass is 32.1. The Labute approximate surface area is 115 Å². The Kier molecular flexibility index (Phi) is 5.15. The molecule has 2 rings (SSSR count). The molecule has 1 aliphatic rings. The fourth-order valence-electron chi connectivity index (χ4n) is 2.22. The predicted octanol–water partition coefficient (Wildman–Crippen LogP) is 2.87. The monoisotopic (exact) mass is 267 g/mol. The molecule has 102 valence electrons. The lowest BCUT2D eigenvalue weighted by Crippen LogP contribution is -2.32. The summed E-state index contributed by atoms with van der Waals surface area (Å²) >= 11 is 1.85. The van der Waals surface area contributed by atoms with E-state index < -0.39 is 0 Å². The number of hydrogen-bond acceptors (Lipinski definition) is 4. The summed E-state index contributed by atoms with van der Waals surface area (Å²) in [6.07, 6.45) is 4.71. The molecule has 18 heavy (non-hydrogen) atoms. The largest absolute Gasteiger partial charge is 0.310 e. The fourth-order valence-corrected chi connectivity index (χ4v) is 3.14. The maximum atomic E-state index is 4.54. The van der Waals surface area contributed by atoms with E-state index in [9.17, 15) is 0 Å². The molecule has 0 atom stereocenters. The SMILES string of the molecule is CC1CCN(Cc2ncc(CNC(C)C)s2)CC1. The van der Waals surface area contributed by atoms with Crippen LogP contribution < -0.4 is 5.32 Å². The molecule has 0 aliphatic carbocycles. The number of piperidine rings is 1. The highest BCUT2D eigenvalue weighted by molar-refractivity contribution is 7.11. The van der Waals surface area contributed by atoms with Crippen LogP contribution in [0, 0.1) is 5.92 Å². The number of aromatic nitrogens is 1. The van der Waals surface area contributed by atoms with Crippen molar-refractivity contribution in [2.45, 2.75) is 52.7 Å². The molecule has 1 N–H and O–H groups in total. The van der Waals surface area contributed by atoms with E-state index in [4.69, 9.17) is 0 Å². The van der Waals surface area contributed by atoms with Crippen LogP contribution >= 0.6 is 11.3 Å². The minimum atomic E-state index is 0.541. The molecule has 1 aromatic heterocycles. The average Bonchev–Trinajstić information content (AvgIpc) is 2.77. The summed E-state index contributed by atoms with van der Waals surface area (Å²) in [6.45, 7) is 11.2. The van der Waals surface area contributed by atoms with Crippen LogP contribution in [0.3, 0.4) is 0 Å². The van der Waals surface area contributed by atoms with Crippen LogP contribution in [0.1, 0.15) is 43.5 Å². The Morgan fingerprint density at radius 3 is 2.83 bits per heavy atom. The molecule has 0 aromatic carbocycles. The van der Waals surface area contributed by atoms with Gasteiger partial charge in [0.2, 0.25) is 0 Å². The zero-order valence-corrected chi connectivity index (χ0v) is 12.6. The van der Waals surface area contributed by atoms with Crippen molar-refractivity contribution in [1.29, 1.82) is 0 Å². The first kappa shape index (κ1) is 14.0. The number of nitrogens with zero attached hydrogens (tertiary/aromatic N) is 2. The first-order chi connectivity index (χ1) is 8.63. The van der Waals surface area contributed by atoms with Crippen molar-refractivity contribution in [2.24, 2.45) is 5.92 Å². The van der Waals surface area contributed by atoms with E-state index in [-0.39, 0.29) is 0 Å². The zero-order valence-electron chi connectivity index (χ0n) is 11.8. The quantitative estimate of drug-likeness (QED) is 0.889. The van der Waals surface area contributed by atoms with Crippen LogP contribution in [0.2, 0.25) is 0 Å². The zero-order chi connectivity index (χ0) is 13.0. The van der Waals surface area contributed by atoms with Gasteiger partial charge < -0.3 is 5.32 Å². The molecule has 1 aliphatic heterocycles. The van der Waals surface area contributed by atoms with E-state index >= 15 is 0 Å². The van der Waals surface area contributed by atoms with Gasteiger partial charge in [0, 0.05) is 23.7 Å². The molecule has 0 spiro atoms. The van der Waals surface area contributed by atoms with Crippen molar-refractivity contribution in [3.8, 4) is 0 Å². The fraction of sp³-hybridized carbons (Fsp3) is 0.786. The number of nitrogens with one attached hydrogen (secondary N) is 1. The maximum Gasteiger partial charge on any atom is 0.107 e. The van der Waals surface area contributed by atoms with Gasteiger partial charge in [0.15, 0.2) is 0 Å². The van der Waals surface area contributed by atoms with E-state index in [2.05, 4.69) is 36.0 Å². The Morgan fingerprint density at radius 2 is 2.17 bits per heavy atom. The average molecular weight is 267 g/mol. The van der Waals surface area contributed by atoms with Crippen molar-refractivity contribution in [1.82, 2.24) is 15.2 Å². The normalized spacial score (nSPS) is 18.7. The molecule has 3 nitrogen and oxygen atoms in total. The van der Waals surface area contributed by atoms with Crippen LogP contribution in [0.5, 0.6) is 0 Å². The summed E-state index contributed by atoms with van der Waals surface area (Å²) in [5.41, 5.74) is 0. The van der Waals surface area contributed by atoms with Crippen molar-refractivity contribution in [2.75, 3.05) is 13.1 Å². The van der Waals surface area contributed by atoms with Gasteiger partial charge in [-0.25, -0.2) is 4.98 Å². The van der Waals surface area contributed by atoms with E-state index in [1.165, 1.54) is 35.8 Å². The van der Waals surface area contributed by atoms with Crippen LogP contribution in [-0.4, -0.2) is 29.0 Å². The Bertz CT molecular complexity index is 354. The maximum absolute atomic E-state index is 4.54. The molecule has 2 heterocycles. The van der Waals surface area contributed by atoms with Gasteiger partial charge in [0.05, 0.1) is 6.54 Å². The van der Waals surface area contributed by atoms with Crippen LogP contribution in [0.4, 0.5) is 0 Å². The van der Waals surface area contributed by atoms with E-state index in [1.807, 2.05) is 17.5 Å². The summed E-state index contributed by atoms with van der Waals surface area (Å²) in [6, 6.07) is 0.541. The molecule has 0 radical (unpaired) electrons. The van der Waals surface area contributed by atoms with E-state index in [1.54, 1.807) is 0 Å². The van der Waals surface area contributed by atoms with Gasteiger partial charge in [-0.2, -0.15) is 0 Å². The van der Waals surface area contributed by atoms with Gasteiger partial charge in [-0.15, -0.1) is 11.3 Å². The third kappa shape index (κ3) is 4.34. The van der Waals surface area contributed by atoms with Crippen molar-refractivity contribution < 1.29 is 0 Å². The smallest absolute Gasteiger partial charge is 0.107 e. The van der Waals surface area contributed by atoms with Gasteiger partial charge in [0.1, 0.15) is 5.01 Å². The van der Waals surface area contributed by atoms with Gasteiger partial charge in [-0.05, 0) is 31.8 Å². The van der Waals surface area contributed by atoms with Crippen LogP contribution in [-0.2, 0) is 13.1 Å². The van der Waals surface area contributed by atoms with Gasteiger partial charge >= 0.3 is 0 Å². The molecule has 0 bridgehead atoms. The number of hydrogen-bond donors (Lipinski definition) is 1. The highest BCUT2D eigenvalue weighted by Crippen LogP contribution is 2.20. The number of likely N-dealkylation sites (tertiary alicyclic amines) is 1. The minimum absolute atomic E-state index is 0.541. The second kappa shape index (κ2) is 6.64. The standard InChI is InChI=1S/C14H25N3S/c1-11(2)15-8-13-9-16-14(18-13)10-17-6-4-12(3)5-7-17/h9,11-12,15H,4-8,10H2,1-3H3. The molecule has 1 saturated heterocycles. The molecular formula is C14H25N3S. The van der Waals surface area contributed by atoms with E-state index in [0.29, 0.717) is 6.04 Å². The molecule has 0 saturated carbocycles. The Balaban J connectivity index is 1.79. The van der Waals surface area contributed by atoms with Crippen LogP contribution in [0.25, 0.3) is 0 Å². The van der Waals surface area contributed by atoms with Crippen molar-refractivity contribution in [3.05, 3.63) is 16.1 Å². The van der Waals surface area contributed by atoms with Gasteiger partial charge in [-0.3, -0.25) is 4.90 Å². The molecule has 0 amide bonds. The Hall–Kier alpha value is -0.450. The predicted molar refractivity (Wildman–Crippen MR) is 77.8 cm³/mol. The lowest BCUT2D eigenvalue weighted by molar-refractivity contribution is 0.185. The molecule has 1 fully saturated rings. The van der Waals surface area contributed by atoms with Crippen molar-refractivity contribution in [3.63, 3.8) is 0 Å². The lowest BCUT2D eigenvalue weighted by Gasteiger charge is -2.29. The second-order valence-electron chi connectivity index (χ2n) is 5.71. The van der Waals surface area contributed by atoms with Gasteiger partial charge in [0.25, 0.3) is 0 Å². The number of rotatable bonds is 5. The summed E-state index contributed by atoms with van der Waals surface area (Å²) in [7, 11) is 0. The van der Waals surface area contributed by atoms with E-state index in [0.717, 1.165) is 19.0 Å².